The quantitative estimate of drug-likeness (QED) is 0.720. The predicted octanol–water partition coefficient (Wildman–Crippen LogP) is 2.35. The Balaban J connectivity index is 2.40. The summed E-state index contributed by atoms with van der Waals surface area (Å²) in [5.74, 6) is 0.785. The fraction of sp³-hybridized carbons (Fsp3) is 0.562. The Morgan fingerprint density at radius 3 is 2.68 bits per heavy atom. The first-order chi connectivity index (χ1) is 10.3. The molecule has 4 N–H and O–H groups in total. The molecule has 22 heavy (non-hydrogen) atoms. The lowest BCUT2D eigenvalue weighted by atomic mass is 10.2. The summed E-state index contributed by atoms with van der Waals surface area (Å²) in [5, 5.41) is 6.06. The molecule has 0 heterocycles. The molecule has 124 valence electrons. The van der Waals surface area contributed by atoms with Gasteiger partial charge in [0.05, 0.1) is 7.11 Å². The maximum absolute atomic E-state index is 11.6. The summed E-state index contributed by atoms with van der Waals surface area (Å²) in [6, 6.07) is 7.71. The van der Waals surface area contributed by atoms with E-state index < -0.39 is 11.7 Å². The van der Waals surface area contributed by atoms with Crippen LogP contribution in [-0.4, -0.2) is 37.9 Å². The molecule has 0 saturated heterocycles. The van der Waals surface area contributed by atoms with Gasteiger partial charge in [-0.2, -0.15) is 0 Å². The minimum absolute atomic E-state index is 0.0574. The number of methoxy groups -OCH3 is 1. The third-order valence-electron chi connectivity index (χ3n) is 2.89. The molecule has 0 radical (unpaired) electrons. The molecule has 6 heteroatoms. The van der Waals surface area contributed by atoms with Crippen molar-refractivity contribution in [3.05, 3.63) is 24.3 Å². The summed E-state index contributed by atoms with van der Waals surface area (Å²) in [5.41, 5.74) is 6.22. The van der Waals surface area contributed by atoms with Gasteiger partial charge in [-0.1, -0.05) is 6.07 Å². The highest BCUT2D eigenvalue weighted by Crippen LogP contribution is 2.17. The van der Waals surface area contributed by atoms with Crippen LogP contribution in [0, 0.1) is 0 Å². The van der Waals surface area contributed by atoms with E-state index in [4.69, 9.17) is 15.2 Å². The van der Waals surface area contributed by atoms with Crippen LogP contribution in [-0.2, 0) is 4.74 Å². The summed E-state index contributed by atoms with van der Waals surface area (Å²) >= 11 is 0. The number of benzene rings is 1. The smallest absolute Gasteiger partial charge is 0.407 e. The Morgan fingerprint density at radius 1 is 1.36 bits per heavy atom. The van der Waals surface area contributed by atoms with Crippen LogP contribution in [0.5, 0.6) is 5.75 Å². The van der Waals surface area contributed by atoms with E-state index in [-0.39, 0.29) is 6.04 Å². The third-order valence-corrected chi connectivity index (χ3v) is 2.89. The molecule has 6 nitrogen and oxygen atoms in total. The van der Waals surface area contributed by atoms with Crippen LogP contribution in [0.2, 0.25) is 0 Å². The number of hydrogen-bond donors (Lipinski definition) is 3. The van der Waals surface area contributed by atoms with E-state index in [0.717, 1.165) is 11.4 Å². The van der Waals surface area contributed by atoms with E-state index in [1.165, 1.54) is 0 Å². The van der Waals surface area contributed by atoms with E-state index in [9.17, 15) is 4.79 Å². The molecular formula is C16H27N3O3. The van der Waals surface area contributed by atoms with Crippen molar-refractivity contribution in [3.63, 3.8) is 0 Å². The second-order valence-electron chi connectivity index (χ2n) is 6.03. The molecule has 1 amide bonds. The van der Waals surface area contributed by atoms with Gasteiger partial charge >= 0.3 is 6.09 Å². The van der Waals surface area contributed by atoms with Gasteiger partial charge in [-0.25, -0.2) is 4.79 Å². The van der Waals surface area contributed by atoms with Crippen molar-refractivity contribution < 1.29 is 14.3 Å². The van der Waals surface area contributed by atoms with Crippen LogP contribution >= 0.6 is 0 Å². The fourth-order valence-corrected chi connectivity index (χ4v) is 1.86. The van der Waals surface area contributed by atoms with Gasteiger partial charge in [-0.3, -0.25) is 0 Å². The Kier molecular flexibility index (Phi) is 6.98. The number of ether oxygens (including phenoxy) is 2. The van der Waals surface area contributed by atoms with Crippen molar-refractivity contribution in [2.45, 2.75) is 38.8 Å². The number of carbonyl (C=O) groups is 1. The normalized spacial score (nSPS) is 12.4. The second-order valence-corrected chi connectivity index (χ2v) is 6.03. The van der Waals surface area contributed by atoms with E-state index >= 15 is 0 Å². The number of rotatable bonds is 7. The molecular weight excluding hydrogens is 282 g/mol. The molecule has 0 saturated carbocycles. The second kappa shape index (κ2) is 8.48. The zero-order chi connectivity index (χ0) is 16.6. The number of nitrogens with two attached hydrogens (primary N) is 1. The summed E-state index contributed by atoms with van der Waals surface area (Å²) in [4.78, 5) is 11.6. The largest absolute Gasteiger partial charge is 0.497 e. The van der Waals surface area contributed by atoms with Gasteiger partial charge in [-0.15, -0.1) is 0 Å². The fourth-order valence-electron chi connectivity index (χ4n) is 1.86. The first-order valence-electron chi connectivity index (χ1n) is 7.41. The zero-order valence-corrected chi connectivity index (χ0v) is 13.8. The van der Waals surface area contributed by atoms with Crippen molar-refractivity contribution in [1.29, 1.82) is 0 Å². The van der Waals surface area contributed by atoms with Crippen molar-refractivity contribution in [2.24, 2.45) is 5.73 Å². The van der Waals surface area contributed by atoms with Gasteiger partial charge in [0.1, 0.15) is 11.4 Å². The molecule has 0 aromatic heterocycles. The number of carbonyl (C=O) groups excluding carboxylic acids is 1. The molecule has 1 rings (SSSR count). The highest BCUT2D eigenvalue weighted by molar-refractivity contribution is 5.67. The lowest BCUT2D eigenvalue weighted by molar-refractivity contribution is 0.0527. The highest BCUT2D eigenvalue weighted by Gasteiger charge is 2.16. The standard InChI is InChI=1S/C16H27N3O3/c1-16(2,3)22-15(20)18-9-8-13(11-17)19-12-6-5-7-14(10-12)21-4/h5-7,10,13,19H,8-9,11,17H2,1-4H3,(H,18,20). The molecule has 0 aliphatic carbocycles. The summed E-state index contributed by atoms with van der Waals surface area (Å²) < 4.78 is 10.4. The van der Waals surface area contributed by atoms with Crippen LogP contribution in [0.1, 0.15) is 27.2 Å². The van der Waals surface area contributed by atoms with Crippen molar-refractivity contribution in [3.8, 4) is 5.75 Å². The minimum atomic E-state index is -0.490. The molecule has 0 spiro atoms. The van der Waals surface area contributed by atoms with Crippen LogP contribution < -0.4 is 21.1 Å². The van der Waals surface area contributed by atoms with Crippen molar-refractivity contribution in [2.75, 3.05) is 25.5 Å². The Bertz CT molecular complexity index is 472. The average Bonchev–Trinajstić information content (AvgIpc) is 2.44. The van der Waals surface area contributed by atoms with Gasteiger partial charge in [0.15, 0.2) is 0 Å². The van der Waals surface area contributed by atoms with Gasteiger partial charge in [0.25, 0.3) is 0 Å². The van der Waals surface area contributed by atoms with Crippen LogP contribution in [0.4, 0.5) is 10.5 Å². The first-order valence-corrected chi connectivity index (χ1v) is 7.41. The number of nitrogens with one attached hydrogen (secondary N) is 2. The van der Waals surface area contributed by atoms with E-state index in [1.807, 2.05) is 45.0 Å². The number of amides is 1. The molecule has 1 atom stereocenters. The Hall–Kier alpha value is -1.95. The average molecular weight is 309 g/mol. The lowest BCUT2D eigenvalue weighted by Crippen LogP contribution is -2.37. The maximum atomic E-state index is 11.6. The van der Waals surface area contributed by atoms with Gasteiger partial charge in [0.2, 0.25) is 0 Å². The summed E-state index contributed by atoms with van der Waals surface area (Å²) in [6.07, 6.45) is 0.289. The summed E-state index contributed by atoms with van der Waals surface area (Å²) in [7, 11) is 1.63. The predicted molar refractivity (Wildman–Crippen MR) is 88.3 cm³/mol. The number of alkyl carbamates (subject to hydrolysis) is 1. The van der Waals surface area contributed by atoms with Gasteiger partial charge in [0, 0.05) is 30.9 Å². The molecule has 0 bridgehead atoms. The van der Waals surface area contributed by atoms with E-state index in [0.29, 0.717) is 19.5 Å². The molecule has 0 aliphatic heterocycles. The van der Waals surface area contributed by atoms with E-state index in [2.05, 4.69) is 10.6 Å². The van der Waals surface area contributed by atoms with Crippen LogP contribution in [0.25, 0.3) is 0 Å². The number of anilines is 1. The topological polar surface area (TPSA) is 85.6 Å². The monoisotopic (exact) mass is 309 g/mol. The molecule has 1 aromatic carbocycles. The van der Waals surface area contributed by atoms with E-state index in [1.54, 1.807) is 7.11 Å². The molecule has 0 fully saturated rings. The molecule has 1 aromatic rings. The number of hydrogen-bond acceptors (Lipinski definition) is 5. The molecule has 1 unspecified atom stereocenters. The summed E-state index contributed by atoms with van der Waals surface area (Å²) in [6.45, 7) is 6.46. The third kappa shape index (κ3) is 7.17. The first kappa shape index (κ1) is 18.1. The highest BCUT2D eigenvalue weighted by atomic mass is 16.6. The van der Waals surface area contributed by atoms with Gasteiger partial charge < -0.3 is 25.8 Å². The minimum Gasteiger partial charge on any atom is -0.497 e. The lowest BCUT2D eigenvalue weighted by Gasteiger charge is -2.21. The van der Waals surface area contributed by atoms with Crippen molar-refractivity contribution >= 4 is 11.8 Å². The van der Waals surface area contributed by atoms with Gasteiger partial charge in [-0.05, 0) is 39.3 Å². The zero-order valence-electron chi connectivity index (χ0n) is 13.8. The van der Waals surface area contributed by atoms with Crippen molar-refractivity contribution in [1.82, 2.24) is 5.32 Å². The maximum Gasteiger partial charge on any atom is 0.407 e. The van der Waals surface area contributed by atoms with Crippen LogP contribution in [0.15, 0.2) is 24.3 Å². The molecule has 0 aliphatic rings. The Labute approximate surface area is 132 Å². The SMILES string of the molecule is COc1cccc(NC(CN)CCNC(=O)OC(C)(C)C)c1. The van der Waals surface area contributed by atoms with Crippen LogP contribution in [0.3, 0.4) is 0 Å². The Morgan fingerprint density at radius 2 is 2.09 bits per heavy atom.